The van der Waals surface area contributed by atoms with Crippen molar-refractivity contribution in [2.24, 2.45) is 11.3 Å². The van der Waals surface area contributed by atoms with Gasteiger partial charge in [-0.1, -0.05) is 0 Å². The molecule has 0 aromatic rings. The van der Waals surface area contributed by atoms with Crippen molar-refractivity contribution in [3.05, 3.63) is 0 Å². The first-order valence-electron chi connectivity index (χ1n) is 9.84. The molecule has 2 aliphatic carbocycles. The minimum absolute atomic E-state index is 0.109. The van der Waals surface area contributed by atoms with Crippen LogP contribution in [0.1, 0.15) is 38.5 Å². The number of amides is 3. The fraction of sp³-hybridized carbons (Fsp3) is 0.882. The Morgan fingerprint density at radius 3 is 2.67 bits per heavy atom. The molecule has 5 aliphatic rings. The van der Waals surface area contributed by atoms with Crippen molar-refractivity contribution in [1.82, 2.24) is 20.2 Å². The van der Waals surface area contributed by atoms with Gasteiger partial charge in [0, 0.05) is 32.2 Å². The van der Waals surface area contributed by atoms with Crippen molar-refractivity contribution in [2.75, 3.05) is 26.2 Å². The molecule has 27 heavy (non-hydrogen) atoms. The number of piperidine rings is 1. The first kappa shape index (κ1) is 17.8. The van der Waals surface area contributed by atoms with Crippen LogP contribution in [0, 0.1) is 11.3 Å². The average Bonchev–Trinajstić information content (AvgIpc) is 3.35. The topological polar surface area (TPSA) is 102 Å². The highest BCUT2D eigenvalue weighted by atomic mass is 32.2. The van der Waals surface area contributed by atoms with Crippen LogP contribution in [0.5, 0.6) is 0 Å². The van der Waals surface area contributed by atoms with E-state index >= 15 is 0 Å². The van der Waals surface area contributed by atoms with Crippen LogP contribution in [-0.4, -0.2) is 79.9 Å². The van der Waals surface area contributed by atoms with Crippen LogP contribution in [0.3, 0.4) is 0 Å². The minimum atomic E-state index is -2.54. The highest BCUT2D eigenvalue weighted by Gasteiger charge is 2.54. The monoisotopic (exact) mass is 398 g/mol. The zero-order valence-electron chi connectivity index (χ0n) is 15.2. The standard InChI is InChI=1S/C17H26N4O5S/c22-15(14-4-3-13-8-20(14)16(23)21(13)26-27(24)25)18-12-5-17(6-12)9-19(10-17)7-11-1-2-11/h11-14H,1-10H2,(H,18,22)(H,24,25)/t13-,14+/m1/s1. The Balaban J connectivity index is 1.11. The van der Waals surface area contributed by atoms with E-state index in [1.807, 2.05) is 0 Å². The highest BCUT2D eigenvalue weighted by molar-refractivity contribution is 7.74. The van der Waals surface area contributed by atoms with E-state index in [-0.39, 0.29) is 18.0 Å². The van der Waals surface area contributed by atoms with E-state index < -0.39 is 23.4 Å². The fourth-order valence-electron chi connectivity index (χ4n) is 5.41. The summed E-state index contributed by atoms with van der Waals surface area (Å²) in [5, 5.41) is 4.07. The van der Waals surface area contributed by atoms with E-state index in [4.69, 9.17) is 8.84 Å². The van der Waals surface area contributed by atoms with Crippen molar-refractivity contribution in [2.45, 2.75) is 56.7 Å². The van der Waals surface area contributed by atoms with E-state index in [1.165, 1.54) is 24.3 Å². The van der Waals surface area contributed by atoms with Gasteiger partial charge in [0.15, 0.2) is 0 Å². The van der Waals surface area contributed by atoms with E-state index in [9.17, 15) is 13.8 Å². The zero-order valence-corrected chi connectivity index (χ0v) is 16.0. The molecule has 3 saturated heterocycles. The molecule has 2 N–H and O–H groups in total. The lowest BCUT2D eigenvalue weighted by molar-refractivity contribution is -0.132. The third-order valence-electron chi connectivity index (χ3n) is 6.81. The smallest absolute Gasteiger partial charge is 0.346 e. The lowest BCUT2D eigenvalue weighted by Gasteiger charge is -2.59. The molecule has 0 radical (unpaired) electrons. The minimum Gasteiger partial charge on any atom is -0.352 e. The molecule has 5 rings (SSSR count). The summed E-state index contributed by atoms with van der Waals surface area (Å²) in [4.78, 5) is 29.1. The van der Waals surface area contributed by atoms with Gasteiger partial charge < -0.3 is 15.1 Å². The molecule has 10 heteroatoms. The number of likely N-dealkylation sites (tertiary alicyclic amines) is 1. The highest BCUT2D eigenvalue weighted by Crippen LogP contribution is 2.49. The number of carbonyl (C=O) groups excluding carboxylic acids is 2. The molecule has 0 aromatic heterocycles. The molecule has 3 atom stereocenters. The summed E-state index contributed by atoms with van der Waals surface area (Å²) in [6.45, 7) is 3.93. The summed E-state index contributed by atoms with van der Waals surface area (Å²) in [6.07, 6.45) is 5.96. The maximum absolute atomic E-state index is 12.7. The molecule has 1 unspecified atom stereocenters. The second-order valence-electron chi connectivity index (χ2n) is 9.03. The maximum atomic E-state index is 12.7. The van der Waals surface area contributed by atoms with E-state index in [0.29, 0.717) is 24.8 Å². The van der Waals surface area contributed by atoms with Gasteiger partial charge in [0.1, 0.15) is 6.04 Å². The number of hydrogen-bond donors (Lipinski definition) is 2. The van der Waals surface area contributed by atoms with Crippen LogP contribution in [-0.2, 0) is 20.4 Å². The number of rotatable bonds is 6. The second kappa shape index (κ2) is 6.40. The summed E-state index contributed by atoms with van der Waals surface area (Å²) in [6, 6.07) is -1.08. The second-order valence-corrected chi connectivity index (χ2v) is 9.61. The number of carbonyl (C=O) groups is 2. The lowest BCUT2D eigenvalue weighted by Crippen LogP contribution is -2.67. The molecule has 150 valence electrons. The third-order valence-corrected chi connectivity index (χ3v) is 7.09. The first-order chi connectivity index (χ1) is 12.9. The Bertz CT molecular complexity index is 672. The van der Waals surface area contributed by atoms with Gasteiger partial charge >= 0.3 is 17.4 Å². The Kier molecular flexibility index (Phi) is 4.23. The van der Waals surface area contributed by atoms with Gasteiger partial charge in [-0.15, -0.1) is 4.28 Å². The van der Waals surface area contributed by atoms with Crippen LogP contribution >= 0.6 is 0 Å². The predicted octanol–water partition coefficient (Wildman–Crippen LogP) is 0.314. The molecule has 9 nitrogen and oxygen atoms in total. The van der Waals surface area contributed by atoms with Crippen molar-refractivity contribution < 1.29 is 22.6 Å². The Morgan fingerprint density at radius 2 is 2.00 bits per heavy atom. The van der Waals surface area contributed by atoms with Crippen molar-refractivity contribution in [1.29, 1.82) is 0 Å². The largest absolute Gasteiger partial charge is 0.352 e. The first-order valence-corrected chi connectivity index (χ1v) is 10.9. The number of hydrogen-bond acceptors (Lipinski definition) is 5. The van der Waals surface area contributed by atoms with Crippen LogP contribution in [0.15, 0.2) is 0 Å². The fourth-order valence-corrected chi connectivity index (χ4v) is 5.73. The van der Waals surface area contributed by atoms with Gasteiger partial charge in [-0.2, -0.15) is 9.27 Å². The molecule has 2 bridgehead atoms. The lowest BCUT2D eigenvalue weighted by atomic mass is 9.60. The Labute approximate surface area is 160 Å². The quantitative estimate of drug-likeness (QED) is 0.625. The molecule has 3 amide bonds. The Morgan fingerprint density at radius 1 is 1.26 bits per heavy atom. The van der Waals surface area contributed by atoms with E-state index in [2.05, 4.69) is 10.2 Å². The average molecular weight is 398 g/mol. The molecular formula is C17H26N4O5S. The van der Waals surface area contributed by atoms with Gasteiger partial charge in [-0.05, 0) is 49.9 Å². The Hall–Kier alpha value is -1.23. The molecule has 0 aromatic carbocycles. The van der Waals surface area contributed by atoms with Crippen molar-refractivity contribution in [3.8, 4) is 0 Å². The van der Waals surface area contributed by atoms with Gasteiger partial charge in [0.05, 0.1) is 6.04 Å². The number of fused-ring (bicyclic) bond motifs is 2. The van der Waals surface area contributed by atoms with Crippen molar-refractivity contribution >= 4 is 23.3 Å². The summed E-state index contributed by atoms with van der Waals surface area (Å²) in [5.41, 5.74) is 0.407. The maximum Gasteiger partial charge on any atom is 0.346 e. The molecule has 3 aliphatic heterocycles. The number of nitrogens with zero attached hydrogens (tertiary/aromatic N) is 3. The normalized spacial score (nSPS) is 33.7. The molecule has 3 heterocycles. The zero-order chi connectivity index (χ0) is 18.8. The van der Waals surface area contributed by atoms with Crippen molar-refractivity contribution in [3.63, 3.8) is 0 Å². The molecule has 1 spiro atoms. The van der Waals surface area contributed by atoms with Crippen LogP contribution in [0.25, 0.3) is 0 Å². The summed E-state index contributed by atoms with van der Waals surface area (Å²) >= 11 is -2.54. The van der Waals surface area contributed by atoms with Crippen LogP contribution in [0.2, 0.25) is 0 Å². The van der Waals surface area contributed by atoms with E-state index in [0.717, 1.165) is 36.9 Å². The third kappa shape index (κ3) is 3.26. The van der Waals surface area contributed by atoms with Gasteiger partial charge in [-0.3, -0.25) is 9.35 Å². The summed E-state index contributed by atoms with van der Waals surface area (Å²) < 4.78 is 24.5. The van der Waals surface area contributed by atoms with Crippen LogP contribution < -0.4 is 5.32 Å². The number of urea groups is 1. The van der Waals surface area contributed by atoms with E-state index in [1.54, 1.807) is 0 Å². The molecular weight excluding hydrogens is 372 g/mol. The van der Waals surface area contributed by atoms with Gasteiger partial charge in [0.2, 0.25) is 5.91 Å². The van der Waals surface area contributed by atoms with Crippen LogP contribution in [0.4, 0.5) is 4.79 Å². The summed E-state index contributed by atoms with van der Waals surface area (Å²) in [5.74, 6) is 0.820. The number of nitrogens with one attached hydrogen (secondary N) is 1. The summed E-state index contributed by atoms with van der Waals surface area (Å²) in [7, 11) is 0. The number of hydroxylamine groups is 2. The van der Waals surface area contributed by atoms with Gasteiger partial charge in [0.25, 0.3) is 0 Å². The molecule has 2 saturated carbocycles. The molecule has 5 fully saturated rings. The SMILES string of the molecule is O=C(NC1CC2(C1)CN(CC1CC1)C2)[C@@H]1CC[C@@H]2CN1C(=O)N2OS(=O)O. The predicted molar refractivity (Wildman–Crippen MR) is 95.4 cm³/mol. The van der Waals surface area contributed by atoms with Gasteiger partial charge in [-0.25, -0.2) is 4.79 Å².